The van der Waals surface area contributed by atoms with Crippen LogP contribution in [0.4, 0.5) is 0 Å². The van der Waals surface area contributed by atoms with Gasteiger partial charge in [-0.25, -0.2) is 0 Å². The number of carbonyl (C=O) groups excluding carboxylic acids is 1. The summed E-state index contributed by atoms with van der Waals surface area (Å²) in [6.45, 7) is 4.00. The van der Waals surface area contributed by atoms with Gasteiger partial charge in [0.1, 0.15) is 0 Å². The van der Waals surface area contributed by atoms with Crippen LogP contribution in [0.5, 0.6) is 0 Å². The lowest BCUT2D eigenvalue weighted by molar-refractivity contribution is -0.122. The van der Waals surface area contributed by atoms with Crippen LogP contribution in [0.15, 0.2) is 0 Å². The smallest absolute Gasteiger partial charge is 0.221 e. The molecule has 4 heteroatoms. The van der Waals surface area contributed by atoms with Crippen LogP contribution in [0, 0.1) is 5.92 Å². The Kier molecular flexibility index (Phi) is 4.08. The largest absolute Gasteiger partial charge is 0.391 e. The highest BCUT2D eigenvalue weighted by Crippen LogP contribution is 2.32. The normalized spacial score (nSPS) is 16.1. The number of hydrogen-bond acceptors (Lipinski definition) is 2. The van der Waals surface area contributed by atoms with Crippen LogP contribution < -0.4 is 11.1 Å². The van der Waals surface area contributed by atoms with Gasteiger partial charge in [0.05, 0.1) is 10.5 Å². The molecule has 3 nitrogen and oxygen atoms in total. The van der Waals surface area contributed by atoms with Gasteiger partial charge in [-0.15, -0.1) is 0 Å². The monoisotopic (exact) mass is 228 g/mol. The predicted octanol–water partition coefficient (Wildman–Crippen LogP) is 1.75. The molecule has 0 heterocycles. The average molecular weight is 228 g/mol. The Hall–Kier alpha value is -0.640. The van der Waals surface area contributed by atoms with E-state index in [0.717, 1.165) is 12.8 Å². The Balaban J connectivity index is 2.55. The Morgan fingerprint density at radius 2 is 2.00 bits per heavy atom. The predicted molar refractivity (Wildman–Crippen MR) is 65.6 cm³/mol. The first-order chi connectivity index (χ1) is 7.04. The third kappa shape index (κ3) is 3.16. The lowest BCUT2D eigenvalue weighted by Gasteiger charge is -2.31. The zero-order chi connectivity index (χ0) is 11.5. The number of rotatable bonds is 6. The number of amides is 1. The quantitative estimate of drug-likeness (QED) is 0.681. The molecular weight excluding hydrogens is 208 g/mol. The van der Waals surface area contributed by atoms with E-state index in [-0.39, 0.29) is 5.91 Å². The van der Waals surface area contributed by atoms with Gasteiger partial charge < -0.3 is 11.1 Å². The number of nitrogens with one attached hydrogen (secondary N) is 1. The molecule has 0 unspecified atom stereocenters. The van der Waals surface area contributed by atoms with Crippen molar-refractivity contribution in [3.8, 4) is 0 Å². The second-order valence-corrected chi connectivity index (χ2v) is 4.79. The average Bonchev–Trinajstić information content (AvgIpc) is 2.97. The van der Waals surface area contributed by atoms with Crippen LogP contribution in [0.1, 0.15) is 46.0 Å². The number of thiocarbonyl (C=S) groups is 1. The van der Waals surface area contributed by atoms with Gasteiger partial charge in [0.2, 0.25) is 5.91 Å². The van der Waals surface area contributed by atoms with Crippen LogP contribution in [0.2, 0.25) is 0 Å². The van der Waals surface area contributed by atoms with Crippen LogP contribution in [-0.2, 0) is 4.79 Å². The molecule has 0 aliphatic heterocycles. The van der Waals surface area contributed by atoms with Crippen molar-refractivity contribution in [1.29, 1.82) is 0 Å². The van der Waals surface area contributed by atoms with Gasteiger partial charge in [0.15, 0.2) is 0 Å². The van der Waals surface area contributed by atoms with Crippen LogP contribution in [0.3, 0.4) is 0 Å². The number of hydrogen-bond donors (Lipinski definition) is 2. The summed E-state index contributed by atoms with van der Waals surface area (Å²) in [6.07, 6.45) is 4.52. The zero-order valence-electron chi connectivity index (χ0n) is 9.51. The van der Waals surface area contributed by atoms with Crippen LogP contribution in [-0.4, -0.2) is 16.4 Å². The molecule has 1 aliphatic rings. The Morgan fingerprint density at radius 3 is 2.33 bits per heavy atom. The summed E-state index contributed by atoms with van der Waals surface area (Å²) < 4.78 is 0. The van der Waals surface area contributed by atoms with E-state index in [1.165, 1.54) is 12.8 Å². The molecule has 1 fully saturated rings. The van der Waals surface area contributed by atoms with E-state index in [1.807, 2.05) is 13.8 Å². The highest BCUT2D eigenvalue weighted by molar-refractivity contribution is 7.80. The summed E-state index contributed by atoms with van der Waals surface area (Å²) in [7, 11) is 0. The molecule has 1 amide bonds. The van der Waals surface area contributed by atoms with Crippen molar-refractivity contribution in [3.63, 3.8) is 0 Å². The van der Waals surface area contributed by atoms with Gasteiger partial charge in [-0.05, 0) is 31.6 Å². The molecule has 1 saturated carbocycles. The van der Waals surface area contributed by atoms with Gasteiger partial charge in [-0.2, -0.15) is 0 Å². The standard InChI is InChI=1S/C11H20N2OS/c1-3-11(4-2,10(12)15)13-9(14)7-8-5-6-8/h8H,3-7H2,1-2H3,(H2,12,15)(H,13,14). The second-order valence-electron chi connectivity index (χ2n) is 4.35. The summed E-state index contributed by atoms with van der Waals surface area (Å²) in [6, 6.07) is 0. The fourth-order valence-electron chi connectivity index (χ4n) is 1.74. The topological polar surface area (TPSA) is 55.1 Å². The lowest BCUT2D eigenvalue weighted by atomic mass is 9.92. The van der Waals surface area contributed by atoms with E-state index in [9.17, 15) is 4.79 Å². The summed E-state index contributed by atoms with van der Waals surface area (Å²) >= 11 is 5.04. The highest BCUT2D eigenvalue weighted by Gasteiger charge is 2.33. The van der Waals surface area contributed by atoms with E-state index in [4.69, 9.17) is 18.0 Å². The van der Waals surface area contributed by atoms with Crippen LogP contribution in [0.25, 0.3) is 0 Å². The van der Waals surface area contributed by atoms with Crippen molar-refractivity contribution >= 4 is 23.1 Å². The maximum absolute atomic E-state index is 11.7. The number of carbonyl (C=O) groups is 1. The SMILES string of the molecule is CCC(CC)(NC(=O)CC1CC1)C(N)=S. The van der Waals surface area contributed by atoms with E-state index in [0.29, 0.717) is 17.3 Å². The highest BCUT2D eigenvalue weighted by atomic mass is 32.1. The van der Waals surface area contributed by atoms with Crippen molar-refractivity contribution in [1.82, 2.24) is 5.32 Å². The minimum absolute atomic E-state index is 0.0917. The molecule has 0 aromatic heterocycles. The molecule has 1 aliphatic carbocycles. The minimum Gasteiger partial charge on any atom is -0.391 e. The van der Waals surface area contributed by atoms with Gasteiger partial charge in [-0.1, -0.05) is 26.1 Å². The van der Waals surface area contributed by atoms with Crippen molar-refractivity contribution in [2.45, 2.75) is 51.5 Å². The molecule has 86 valence electrons. The lowest BCUT2D eigenvalue weighted by Crippen LogP contribution is -2.56. The van der Waals surface area contributed by atoms with Crippen LogP contribution >= 0.6 is 12.2 Å². The third-order valence-electron chi connectivity index (χ3n) is 3.23. The minimum atomic E-state index is -0.471. The van der Waals surface area contributed by atoms with Gasteiger partial charge >= 0.3 is 0 Å². The summed E-state index contributed by atoms with van der Waals surface area (Å²) in [5.41, 5.74) is 5.23. The fraction of sp³-hybridized carbons (Fsp3) is 0.818. The molecule has 0 bridgehead atoms. The van der Waals surface area contributed by atoms with Crippen molar-refractivity contribution < 1.29 is 4.79 Å². The van der Waals surface area contributed by atoms with Gasteiger partial charge in [0, 0.05) is 6.42 Å². The first-order valence-electron chi connectivity index (χ1n) is 5.65. The maximum atomic E-state index is 11.7. The van der Waals surface area contributed by atoms with E-state index >= 15 is 0 Å². The maximum Gasteiger partial charge on any atom is 0.221 e. The molecular formula is C11H20N2OS. The molecule has 0 atom stereocenters. The fourth-order valence-corrected chi connectivity index (χ4v) is 2.08. The summed E-state index contributed by atoms with van der Waals surface area (Å²) in [4.78, 5) is 12.1. The Bertz CT molecular complexity index is 257. The third-order valence-corrected chi connectivity index (χ3v) is 3.62. The van der Waals surface area contributed by atoms with E-state index in [2.05, 4.69) is 5.32 Å². The first-order valence-corrected chi connectivity index (χ1v) is 6.05. The molecule has 0 aromatic rings. The van der Waals surface area contributed by atoms with Crippen molar-refractivity contribution in [2.75, 3.05) is 0 Å². The molecule has 3 N–H and O–H groups in total. The van der Waals surface area contributed by atoms with E-state index in [1.54, 1.807) is 0 Å². The second kappa shape index (κ2) is 4.92. The Morgan fingerprint density at radius 1 is 1.47 bits per heavy atom. The molecule has 0 radical (unpaired) electrons. The molecule has 15 heavy (non-hydrogen) atoms. The van der Waals surface area contributed by atoms with Gasteiger partial charge in [0.25, 0.3) is 0 Å². The molecule has 0 aromatic carbocycles. The number of nitrogens with two attached hydrogens (primary N) is 1. The van der Waals surface area contributed by atoms with Crippen molar-refractivity contribution in [2.24, 2.45) is 11.7 Å². The molecule has 1 rings (SSSR count). The summed E-state index contributed by atoms with van der Waals surface area (Å²) in [5, 5.41) is 3.00. The zero-order valence-corrected chi connectivity index (χ0v) is 10.3. The Labute approximate surface area is 96.8 Å². The first kappa shape index (κ1) is 12.4. The van der Waals surface area contributed by atoms with Crippen molar-refractivity contribution in [3.05, 3.63) is 0 Å². The van der Waals surface area contributed by atoms with E-state index < -0.39 is 5.54 Å². The summed E-state index contributed by atoms with van der Waals surface area (Å²) in [5.74, 6) is 0.691. The van der Waals surface area contributed by atoms with Gasteiger partial charge in [-0.3, -0.25) is 4.79 Å². The molecule has 0 spiro atoms. The molecule has 0 saturated heterocycles.